The normalized spacial score (nSPS) is 16.2. The minimum Gasteiger partial charge on any atom is -0.336 e. The number of aromatic nitrogens is 3. The van der Waals surface area contributed by atoms with Crippen LogP contribution in [0.3, 0.4) is 0 Å². The molecule has 1 aliphatic rings. The lowest BCUT2D eigenvalue weighted by molar-refractivity contribution is 0.0624. The highest BCUT2D eigenvalue weighted by Gasteiger charge is 2.30. The predicted molar refractivity (Wildman–Crippen MR) is 97.3 cm³/mol. The minimum atomic E-state index is -0.146. The molecule has 1 amide bonds. The van der Waals surface area contributed by atoms with Crippen molar-refractivity contribution in [3.63, 3.8) is 0 Å². The van der Waals surface area contributed by atoms with Crippen molar-refractivity contribution in [1.29, 1.82) is 0 Å². The Balaban J connectivity index is 1.64. The fourth-order valence-corrected chi connectivity index (χ4v) is 3.20. The zero-order valence-corrected chi connectivity index (χ0v) is 15.6. The van der Waals surface area contributed by atoms with Gasteiger partial charge in [-0.05, 0) is 12.1 Å². The third-order valence-electron chi connectivity index (χ3n) is 4.54. The fourth-order valence-electron chi connectivity index (χ4n) is 3.20. The highest BCUT2D eigenvalue weighted by atomic mass is 16.2. The van der Waals surface area contributed by atoms with E-state index in [4.69, 9.17) is 0 Å². The van der Waals surface area contributed by atoms with Crippen molar-refractivity contribution in [3.8, 4) is 0 Å². The number of pyridine rings is 1. The maximum Gasteiger partial charge on any atom is 0.257 e. The van der Waals surface area contributed by atoms with Crippen molar-refractivity contribution >= 4 is 5.91 Å². The number of nitrogens with zero attached hydrogens (tertiary/aromatic N) is 5. The smallest absolute Gasteiger partial charge is 0.257 e. The number of hydrogen-bond donors (Lipinski definition) is 0. The summed E-state index contributed by atoms with van der Waals surface area (Å²) in [7, 11) is 1.87. The molecule has 0 aromatic carbocycles. The average Bonchev–Trinajstić information content (AvgIpc) is 2.98. The van der Waals surface area contributed by atoms with Crippen LogP contribution in [0.5, 0.6) is 0 Å². The molecule has 6 heteroatoms. The van der Waals surface area contributed by atoms with Gasteiger partial charge in [-0.25, -0.2) is 0 Å². The van der Waals surface area contributed by atoms with Gasteiger partial charge < -0.3 is 4.90 Å². The van der Waals surface area contributed by atoms with Crippen molar-refractivity contribution in [2.45, 2.75) is 32.7 Å². The van der Waals surface area contributed by atoms with Gasteiger partial charge in [0.15, 0.2) is 0 Å². The van der Waals surface area contributed by atoms with E-state index >= 15 is 0 Å². The van der Waals surface area contributed by atoms with Gasteiger partial charge in [-0.3, -0.25) is 19.4 Å². The molecule has 2 aromatic heterocycles. The molecule has 0 aliphatic carbocycles. The van der Waals surface area contributed by atoms with Crippen molar-refractivity contribution < 1.29 is 4.79 Å². The first-order valence-electron chi connectivity index (χ1n) is 8.80. The van der Waals surface area contributed by atoms with E-state index in [2.05, 4.69) is 35.8 Å². The van der Waals surface area contributed by atoms with E-state index in [-0.39, 0.29) is 11.3 Å². The van der Waals surface area contributed by atoms with E-state index in [0.717, 1.165) is 49.7 Å². The number of carbonyl (C=O) groups excluding carboxylic acids is 1. The van der Waals surface area contributed by atoms with E-state index < -0.39 is 0 Å². The van der Waals surface area contributed by atoms with Gasteiger partial charge in [0.1, 0.15) is 0 Å². The van der Waals surface area contributed by atoms with Crippen molar-refractivity contribution in [2.24, 2.45) is 7.05 Å². The molecule has 0 atom stereocenters. The molecular formula is C19H27N5O. The summed E-state index contributed by atoms with van der Waals surface area (Å²) in [5, 5.41) is 4.52. The SMILES string of the molecule is Cn1cc(C(=O)N2CCN(Cc3ccccn3)CC2)c(C(C)(C)C)n1. The van der Waals surface area contributed by atoms with Crippen LogP contribution in [0, 0.1) is 0 Å². The second kappa shape index (κ2) is 6.96. The number of rotatable bonds is 3. The topological polar surface area (TPSA) is 54.3 Å². The van der Waals surface area contributed by atoms with Gasteiger partial charge in [0.25, 0.3) is 5.91 Å². The van der Waals surface area contributed by atoms with Crippen molar-refractivity contribution in [1.82, 2.24) is 24.6 Å². The molecule has 0 unspecified atom stereocenters. The van der Waals surface area contributed by atoms with Crippen LogP contribution in [0.2, 0.25) is 0 Å². The number of aryl methyl sites for hydroxylation is 1. The Bertz CT molecular complexity index is 724. The van der Waals surface area contributed by atoms with E-state index in [1.807, 2.05) is 42.5 Å². The monoisotopic (exact) mass is 341 g/mol. The summed E-state index contributed by atoms with van der Waals surface area (Å²) in [6.07, 6.45) is 3.68. The van der Waals surface area contributed by atoms with E-state index in [1.165, 1.54) is 0 Å². The largest absolute Gasteiger partial charge is 0.336 e. The zero-order valence-electron chi connectivity index (χ0n) is 15.6. The van der Waals surface area contributed by atoms with E-state index in [1.54, 1.807) is 4.68 Å². The van der Waals surface area contributed by atoms with Crippen molar-refractivity contribution in [2.75, 3.05) is 26.2 Å². The third kappa shape index (κ3) is 4.07. The first kappa shape index (κ1) is 17.6. The second-order valence-electron chi connectivity index (χ2n) is 7.70. The lowest BCUT2D eigenvalue weighted by Gasteiger charge is -2.34. The second-order valence-corrected chi connectivity index (χ2v) is 7.70. The van der Waals surface area contributed by atoms with Crippen LogP contribution >= 0.6 is 0 Å². The molecule has 3 rings (SSSR count). The summed E-state index contributed by atoms with van der Waals surface area (Å²) in [4.78, 5) is 21.7. The van der Waals surface area contributed by atoms with Crippen LogP contribution in [0.4, 0.5) is 0 Å². The fraction of sp³-hybridized carbons (Fsp3) is 0.526. The number of piperazine rings is 1. The Hall–Kier alpha value is -2.21. The summed E-state index contributed by atoms with van der Waals surface area (Å²) < 4.78 is 1.74. The molecule has 0 spiro atoms. The van der Waals surface area contributed by atoms with Crippen LogP contribution in [-0.2, 0) is 19.0 Å². The van der Waals surface area contributed by atoms with Crippen LogP contribution in [0.25, 0.3) is 0 Å². The van der Waals surface area contributed by atoms with E-state index in [0.29, 0.717) is 0 Å². The highest BCUT2D eigenvalue weighted by Crippen LogP contribution is 2.25. The minimum absolute atomic E-state index is 0.0931. The van der Waals surface area contributed by atoms with Gasteiger partial charge in [0.05, 0.1) is 17.0 Å². The first-order chi connectivity index (χ1) is 11.8. The molecule has 3 heterocycles. The van der Waals surface area contributed by atoms with Crippen LogP contribution in [0.15, 0.2) is 30.6 Å². The van der Waals surface area contributed by atoms with Gasteiger partial charge in [-0.15, -0.1) is 0 Å². The third-order valence-corrected chi connectivity index (χ3v) is 4.54. The van der Waals surface area contributed by atoms with Gasteiger partial charge in [0.2, 0.25) is 0 Å². The zero-order chi connectivity index (χ0) is 18.0. The van der Waals surface area contributed by atoms with E-state index in [9.17, 15) is 4.79 Å². The molecule has 0 radical (unpaired) electrons. The summed E-state index contributed by atoms with van der Waals surface area (Å²) in [5.74, 6) is 0.0931. The Morgan fingerprint density at radius 2 is 1.88 bits per heavy atom. The maximum atomic E-state index is 13.0. The molecule has 0 N–H and O–H groups in total. The van der Waals surface area contributed by atoms with Crippen molar-refractivity contribution in [3.05, 3.63) is 47.5 Å². The molecule has 134 valence electrons. The standard InChI is InChI=1S/C19H27N5O/c1-19(2,3)17-16(14-22(4)21-17)18(25)24-11-9-23(10-12-24)13-15-7-5-6-8-20-15/h5-8,14H,9-13H2,1-4H3. The molecule has 25 heavy (non-hydrogen) atoms. The number of carbonyl (C=O) groups is 1. The molecular weight excluding hydrogens is 314 g/mol. The summed E-state index contributed by atoms with van der Waals surface area (Å²) in [6, 6.07) is 5.99. The van der Waals surface area contributed by atoms with Gasteiger partial charge in [0, 0.05) is 57.6 Å². The Kier molecular flexibility index (Phi) is 4.90. The highest BCUT2D eigenvalue weighted by molar-refractivity contribution is 5.95. The lowest BCUT2D eigenvalue weighted by atomic mass is 9.89. The Morgan fingerprint density at radius 3 is 2.48 bits per heavy atom. The summed E-state index contributed by atoms with van der Waals surface area (Å²) in [6.45, 7) is 10.3. The van der Waals surface area contributed by atoms with Gasteiger partial charge >= 0.3 is 0 Å². The lowest BCUT2D eigenvalue weighted by Crippen LogP contribution is -2.48. The van der Waals surface area contributed by atoms with Crippen LogP contribution in [0.1, 0.15) is 42.5 Å². The quantitative estimate of drug-likeness (QED) is 0.858. The molecule has 2 aromatic rings. The summed E-state index contributed by atoms with van der Waals surface area (Å²) in [5.41, 5.74) is 2.53. The molecule has 1 aliphatic heterocycles. The Morgan fingerprint density at radius 1 is 1.16 bits per heavy atom. The first-order valence-corrected chi connectivity index (χ1v) is 8.80. The number of hydrogen-bond acceptors (Lipinski definition) is 4. The predicted octanol–water partition coefficient (Wildman–Crippen LogP) is 2.07. The molecule has 1 saturated heterocycles. The molecule has 0 bridgehead atoms. The molecule has 6 nitrogen and oxygen atoms in total. The number of amides is 1. The summed E-state index contributed by atoms with van der Waals surface area (Å²) >= 11 is 0. The molecule has 0 saturated carbocycles. The average molecular weight is 341 g/mol. The maximum absolute atomic E-state index is 13.0. The van der Waals surface area contributed by atoms with Gasteiger partial charge in [-0.2, -0.15) is 5.10 Å². The van der Waals surface area contributed by atoms with Gasteiger partial charge in [-0.1, -0.05) is 26.8 Å². The van der Waals surface area contributed by atoms with Crippen LogP contribution < -0.4 is 0 Å². The molecule has 1 fully saturated rings. The Labute approximate surface area is 149 Å². The van der Waals surface area contributed by atoms with Crippen LogP contribution in [-0.4, -0.2) is 56.7 Å².